The Balaban J connectivity index is 1.82. The number of aromatic nitrogens is 5. The van der Waals surface area contributed by atoms with Crippen LogP contribution in [0.15, 0.2) is 48.7 Å². The van der Waals surface area contributed by atoms with Crippen molar-refractivity contribution in [3.8, 4) is 11.4 Å². The molecule has 9 nitrogen and oxygen atoms in total. The van der Waals surface area contributed by atoms with Crippen LogP contribution in [0.5, 0.6) is 5.75 Å². The maximum Gasteiger partial charge on any atom is 0.406 e. The maximum atomic E-state index is 10.9. The molecule has 110 valence electrons. The van der Waals surface area contributed by atoms with Gasteiger partial charge in [-0.3, -0.25) is 0 Å². The zero-order valence-corrected chi connectivity index (χ0v) is 11.2. The van der Waals surface area contributed by atoms with Crippen LogP contribution >= 0.6 is 0 Å². The Hall–Kier alpha value is -3.36. The van der Waals surface area contributed by atoms with Gasteiger partial charge in [-0.2, -0.15) is 4.68 Å². The topological polar surface area (TPSA) is 109 Å². The van der Waals surface area contributed by atoms with Gasteiger partial charge in [0.25, 0.3) is 0 Å². The average Bonchev–Trinajstić information content (AvgIpc) is 3.02. The highest BCUT2D eigenvalue weighted by molar-refractivity contribution is 5.38. The van der Waals surface area contributed by atoms with Gasteiger partial charge in [-0.15, -0.1) is 5.10 Å². The van der Waals surface area contributed by atoms with Gasteiger partial charge >= 0.3 is 5.82 Å². The minimum absolute atomic E-state index is 0.0194. The van der Waals surface area contributed by atoms with E-state index < -0.39 is 4.92 Å². The summed E-state index contributed by atoms with van der Waals surface area (Å²) in [6, 6.07) is 12.3. The van der Waals surface area contributed by atoms with Gasteiger partial charge in [0.15, 0.2) is 12.4 Å². The molecule has 0 saturated carbocycles. The van der Waals surface area contributed by atoms with Crippen molar-refractivity contribution >= 4 is 5.82 Å². The van der Waals surface area contributed by atoms with Crippen LogP contribution in [0.25, 0.3) is 5.69 Å². The summed E-state index contributed by atoms with van der Waals surface area (Å²) in [6.07, 6.45) is 1.33. The molecule has 0 spiro atoms. The summed E-state index contributed by atoms with van der Waals surface area (Å²) in [4.78, 5) is 14.0. The predicted octanol–water partition coefficient (Wildman–Crippen LogP) is 1.54. The summed E-state index contributed by atoms with van der Waals surface area (Å²) < 4.78 is 6.94. The zero-order valence-electron chi connectivity index (χ0n) is 11.2. The predicted molar refractivity (Wildman–Crippen MR) is 74.4 cm³/mol. The highest BCUT2D eigenvalue weighted by Gasteiger charge is 2.17. The number of nitro groups is 1. The van der Waals surface area contributed by atoms with Crippen LogP contribution in [0.2, 0.25) is 0 Å². The van der Waals surface area contributed by atoms with E-state index >= 15 is 0 Å². The number of hydrogen-bond acceptors (Lipinski definition) is 7. The van der Waals surface area contributed by atoms with Crippen LogP contribution in [0, 0.1) is 10.1 Å². The molecule has 0 saturated heterocycles. The molecule has 0 bridgehead atoms. The van der Waals surface area contributed by atoms with Crippen LogP contribution < -0.4 is 4.74 Å². The van der Waals surface area contributed by atoms with E-state index in [0.29, 0.717) is 5.82 Å². The van der Waals surface area contributed by atoms with Crippen molar-refractivity contribution < 1.29 is 9.66 Å². The molecule has 2 heterocycles. The van der Waals surface area contributed by atoms with Gasteiger partial charge in [0.1, 0.15) is 6.20 Å². The summed E-state index contributed by atoms with van der Waals surface area (Å²) in [5, 5.41) is 22.2. The molecule has 0 fully saturated rings. The maximum absolute atomic E-state index is 10.9. The van der Waals surface area contributed by atoms with E-state index in [1.165, 1.54) is 16.9 Å². The highest BCUT2D eigenvalue weighted by atomic mass is 16.6. The molecule has 0 unspecified atom stereocenters. The molecule has 0 radical (unpaired) electrons. The Labute approximate surface area is 124 Å². The Morgan fingerprint density at radius 2 is 2.00 bits per heavy atom. The summed E-state index contributed by atoms with van der Waals surface area (Å²) in [5.74, 6) is 0.140. The van der Waals surface area contributed by atoms with Crippen LogP contribution in [0.4, 0.5) is 5.82 Å². The van der Waals surface area contributed by atoms with Gasteiger partial charge in [-0.05, 0) is 44.6 Å². The second kappa shape index (κ2) is 5.95. The normalized spacial score (nSPS) is 10.4. The minimum Gasteiger partial charge on any atom is -0.477 e. The number of benzene rings is 1. The first-order valence-corrected chi connectivity index (χ1v) is 6.30. The lowest BCUT2D eigenvalue weighted by Crippen LogP contribution is -2.08. The van der Waals surface area contributed by atoms with Gasteiger partial charge < -0.3 is 14.9 Å². The standard InChI is InChI=1S/C13H10N6O3/c20-19(21)13-11(7-4-8-14-13)22-9-12-15-16-17-18(12)10-5-2-1-3-6-10/h1-8H,9H2. The molecule has 2 aromatic heterocycles. The third-order valence-electron chi connectivity index (χ3n) is 2.82. The van der Waals surface area contributed by atoms with Crippen molar-refractivity contribution in [2.45, 2.75) is 6.61 Å². The molecule has 22 heavy (non-hydrogen) atoms. The average molecular weight is 298 g/mol. The Kier molecular flexibility index (Phi) is 3.69. The second-order valence-corrected chi connectivity index (χ2v) is 4.21. The molecule has 0 aliphatic heterocycles. The van der Waals surface area contributed by atoms with E-state index in [9.17, 15) is 10.1 Å². The van der Waals surface area contributed by atoms with E-state index in [4.69, 9.17) is 4.74 Å². The monoisotopic (exact) mass is 298 g/mol. The Bertz CT molecular complexity index is 789. The van der Waals surface area contributed by atoms with Crippen LogP contribution in [-0.4, -0.2) is 30.1 Å². The summed E-state index contributed by atoms with van der Waals surface area (Å²) in [7, 11) is 0. The number of ether oxygens (including phenoxy) is 1. The number of hydrogen-bond donors (Lipinski definition) is 0. The van der Waals surface area contributed by atoms with E-state index in [0.717, 1.165) is 5.69 Å². The van der Waals surface area contributed by atoms with E-state index in [1.54, 1.807) is 6.07 Å². The smallest absolute Gasteiger partial charge is 0.406 e. The third-order valence-corrected chi connectivity index (χ3v) is 2.82. The molecule has 9 heteroatoms. The molecular formula is C13H10N6O3. The summed E-state index contributed by atoms with van der Waals surface area (Å²) in [5.41, 5.74) is 0.770. The molecule has 0 N–H and O–H groups in total. The van der Waals surface area contributed by atoms with Crippen LogP contribution in [-0.2, 0) is 6.61 Å². The molecule has 0 atom stereocenters. The summed E-state index contributed by atoms with van der Waals surface area (Å²) >= 11 is 0. The fourth-order valence-electron chi connectivity index (χ4n) is 1.84. The second-order valence-electron chi connectivity index (χ2n) is 4.21. The van der Waals surface area contributed by atoms with Crippen molar-refractivity contribution in [2.75, 3.05) is 0 Å². The van der Waals surface area contributed by atoms with Crippen molar-refractivity contribution in [3.63, 3.8) is 0 Å². The van der Waals surface area contributed by atoms with Gasteiger partial charge in [0.05, 0.1) is 5.69 Å². The largest absolute Gasteiger partial charge is 0.477 e. The van der Waals surface area contributed by atoms with E-state index in [1.807, 2.05) is 30.3 Å². The van der Waals surface area contributed by atoms with Crippen molar-refractivity contribution in [3.05, 3.63) is 64.6 Å². The molecule has 3 rings (SSSR count). The van der Waals surface area contributed by atoms with Gasteiger partial charge in [0, 0.05) is 0 Å². The van der Waals surface area contributed by atoms with Crippen molar-refractivity contribution in [1.29, 1.82) is 0 Å². The number of nitrogens with zero attached hydrogens (tertiary/aromatic N) is 6. The minimum atomic E-state index is -0.602. The first kappa shape index (κ1) is 13.6. The fraction of sp³-hybridized carbons (Fsp3) is 0.0769. The highest BCUT2D eigenvalue weighted by Crippen LogP contribution is 2.23. The lowest BCUT2D eigenvalue weighted by Gasteiger charge is -2.06. The molecule has 1 aromatic carbocycles. The number of tetrazole rings is 1. The lowest BCUT2D eigenvalue weighted by molar-refractivity contribution is -0.390. The molecule has 0 amide bonds. The summed E-state index contributed by atoms with van der Waals surface area (Å²) in [6.45, 7) is -0.0194. The van der Waals surface area contributed by atoms with Gasteiger partial charge in [-0.25, -0.2) is 0 Å². The molecule has 0 aliphatic carbocycles. The zero-order chi connectivity index (χ0) is 15.4. The number of pyridine rings is 1. The van der Waals surface area contributed by atoms with Crippen molar-refractivity contribution in [2.24, 2.45) is 0 Å². The first-order valence-electron chi connectivity index (χ1n) is 6.30. The van der Waals surface area contributed by atoms with Crippen LogP contribution in [0.1, 0.15) is 5.82 Å². The van der Waals surface area contributed by atoms with E-state index in [2.05, 4.69) is 20.5 Å². The molecule has 0 aliphatic rings. The quantitative estimate of drug-likeness (QED) is 0.519. The number of rotatable bonds is 5. The fourth-order valence-corrected chi connectivity index (χ4v) is 1.84. The van der Waals surface area contributed by atoms with Gasteiger partial charge in [0.2, 0.25) is 5.75 Å². The SMILES string of the molecule is O=[N+]([O-])c1ncccc1OCc1nnnn1-c1ccccc1. The van der Waals surface area contributed by atoms with Gasteiger partial charge in [-0.1, -0.05) is 18.2 Å². The molecular weight excluding hydrogens is 288 g/mol. The Morgan fingerprint density at radius 3 is 2.77 bits per heavy atom. The van der Waals surface area contributed by atoms with Crippen LogP contribution in [0.3, 0.4) is 0 Å². The third kappa shape index (κ3) is 2.73. The van der Waals surface area contributed by atoms with E-state index in [-0.39, 0.29) is 18.2 Å². The number of para-hydroxylation sites is 1. The first-order chi connectivity index (χ1) is 10.8. The molecule has 3 aromatic rings. The van der Waals surface area contributed by atoms with Crippen molar-refractivity contribution in [1.82, 2.24) is 25.2 Å². The Morgan fingerprint density at radius 1 is 1.18 bits per heavy atom. The lowest BCUT2D eigenvalue weighted by atomic mass is 10.3.